The number of hydrogen-bond donors (Lipinski definition) is 1. The van der Waals surface area contributed by atoms with Gasteiger partial charge in [0.1, 0.15) is 6.07 Å². The van der Waals surface area contributed by atoms with Gasteiger partial charge < -0.3 is 0 Å². The molecule has 0 radical (unpaired) electrons. The molecule has 5 nitrogen and oxygen atoms in total. The topological polar surface area (TPSA) is 74.5 Å². The molecule has 18 heavy (non-hydrogen) atoms. The van der Waals surface area contributed by atoms with Crippen molar-refractivity contribution in [2.45, 2.75) is 23.5 Å². The molecule has 92 valence electrons. The smallest absolute Gasteiger partial charge is 0.270 e. The zero-order valence-corrected chi connectivity index (χ0v) is 11.9. The van der Waals surface area contributed by atoms with Gasteiger partial charge in [0.05, 0.1) is 5.56 Å². The van der Waals surface area contributed by atoms with Crippen molar-refractivity contribution in [1.82, 2.24) is 14.8 Å². The van der Waals surface area contributed by atoms with Crippen molar-refractivity contribution in [2.24, 2.45) is 0 Å². The van der Waals surface area contributed by atoms with Gasteiger partial charge in [-0.2, -0.15) is 5.26 Å². The first kappa shape index (κ1) is 12.9. The molecule has 1 heterocycles. The number of hydrogen-bond acceptors (Lipinski definition) is 4. The van der Waals surface area contributed by atoms with E-state index < -0.39 is 0 Å². The van der Waals surface area contributed by atoms with E-state index in [1.807, 2.05) is 19.1 Å². The van der Waals surface area contributed by atoms with Crippen LogP contribution in [0.3, 0.4) is 0 Å². The van der Waals surface area contributed by atoms with Crippen molar-refractivity contribution >= 4 is 27.7 Å². The minimum atomic E-state index is -0.215. The number of H-pyrrole nitrogens is 1. The molecule has 0 bridgehead atoms. The third-order valence-electron chi connectivity index (χ3n) is 2.31. The first-order chi connectivity index (χ1) is 8.65. The van der Waals surface area contributed by atoms with Gasteiger partial charge in [-0.3, -0.25) is 4.57 Å². The van der Waals surface area contributed by atoms with Crippen molar-refractivity contribution in [1.29, 1.82) is 5.26 Å². The molecule has 0 saturated carbocycles. The van der Waals surface area contributed by atoms with Crippen molar-refractivity contribution in [3.8, 4) is 6.07 Å². The summed E-state index contributed by atoms with van der Waals surface area (Å²) in [5, 5.41) is 15.8. The summed E-state index contributed by atoms with van der Waals surface area (Å²) in [4.78, 5) is 12.3. The number of aromatic nitrogens is 3. The van der Waals surface area contributed by atoms with Crippen molar-refractivity contribution in [2.75, 3.05) is 0 Å². The molecule has 0 aliphatic heterocycles. The van der Waals surface area contributed by atoms with E-state index in [0.29, 0.717) is 17.3 Å². The Morgan fingerprint density at radius 1 is 1.61 bits per heavy atom. The molecule has 2 aromatic rings. The second kappa shape index (κ2) is 5.42. The fourth-order valence-corrected chi connectivity index (χ4v) is 2.97. The summed E-state index contributed by atoms with van der Waals surface area (Å²) in [6, 6.07) is 7.47. The summed E-state index contributed by atoms with van der Waals surface area (Å²) in [5.74, 6) is 0. The van der Waals surface area contributed by atoms with Crippen LogP contribution in [-0.2, 0) is 6.54 Å². The third kappa shape index (κ3) is 2.49. The molecule has 1 N–H and O–H groups in total. The summed E-state index contributed by atoms with van der Waals surface area (Å²) in [5.41, 5.74) is 0.363. The normalized spacial score (nSPS) is 10.3. The lowest BCUT2D eigenvalue weighted by Crippen LogP contribution is -2.15. The Balaban J connectivity index is 2.32. The molecule has 0 fully saturated rings. The maximum atomic E-state index is 11.4. The lowest BCUT2D eigenvalue weighted by atomic mass is 10.2. The van der Waals surface area contributed by atoms with Gasteiger partial charge in [-0.05, 0) is 52.8 Å². The molecular weight excluding hydrogens is 316 g/mol. The molecule has 1 aromatic carbocycles. The summed E-state index contributed by atoms with van der Waals surface area (Å²) in [6.45, 7) is 2.45. The standard InChI is InChI=1S/C11H9BrN4OS/c1-2-16-10(17)14-15-11(16)18-8-4-3-7(6-13)9(12)5-8/h3-5H,2H2,1H3,(H,14,17). The van der Waals surface area contributed by atoms with Gasteiger partial charge in [0.15, 0.2) is 5.16 Å². The van der Waals surface area contributed by atoms with Crippen LogP contribution in [0.5, 0.6) is 0 Å². The average Bonchev–Trinajstić information content (AvgIpc) is 2.70. The highest BCUT2D eigenvalue weighted by atomic mass is 79.9. The van der Waals surface area contributed by atoms with Gasteiger partial charge in [-0.15, -0.1) is 5.10 Å². The Bertz CT molecular complexity index is 670. The van der Waals surface area contributed by atoms with Crippen LogP contribution in [0.25, 0.3) is 0 Å². The van der Waals surface area contributed by atoms with Crippen LogP contribution in [0.4, 0.5) is 0 Å². The van der Waals surface area contributed by atoms with E-state index in [1.54, 1.807) is 10.6 Å². The van der Waals surface area contributed by atoms with E-state index in [4.69, 9.17) is 5.26 Å². The van der Waals surface area contributed by atoms with Crippen LogP contribution < -0.4 is 5.69 Å². The lowest BCUT2D eigenvalue weighted by molar-refractivity contribution is 0.660. The summed E-state index contributed by atoms with van der Waals surface area (Å²) in [6.07, 6.45) is 0. The van der Waals surface area contributed by atoms with Gasteiger partial charge in [-0.25, -0.2) is 9.89 Å². The van der Waals surface area contributed by atoms with Crippen LogP contribution >= 0.6 is 27.7 Å². The van der Waals surface area contributed by atoms with Crippen LogP contribution in [-0.4, -0.2) is 14.8 Å². The number of rotatable bonds is 3. The largest absolute Gasteiger partial charge is 0.343 e. The van der Waals surface area contributed by atoms with E-state index in [-0.39, 0.29) is 5.69 Å². The number of aromatic amines is 1. The quantitative estimate of drug-likeness (QED) is 0.940. The number of nitriles is 1. The van der Waals surface area contributed by atoms with E-state index in [9.17, 15) is 4.79 Å². The van der Waals surface area contributed by atoms with E-state index in [0.717, 1.165) is 9.37 Å². The van der Waals surface area contributed by atoms with Gasteiger partial charge in [-0.1, -0.05) is 0 Å². The zero-order chi connectivity index (χ0) is 13.1. The maximum Gasteiger partial charge on any atom is 0.343 e. The predicted octanol–water partition coefficient (Wildman–Crippen LogP) is 2.38. The fourth-order valence-electron chi connectivity index (χ4n) is 1.42. The maximum absolute atomic E-state index is 11.4. The molecular formula is C11H9BrN4OS. The molecule has 0 spiro atoms. The Labute approximate surface area is 116 Å². The highest BCUT2D eigenvalue weighted by Crippen LogP contribution is 2.29. The monoisotopic (exact) mass is 324 g/mol. The van der Waals surface area contributed by atoms with Gasteiger partial charge in [0.25, 0.3) is 0 Å². The average molecular weight is 325 g/mol. The number of halogens is 1. The molecule has 0 atom stereocenters. The van der Waals surface area contributed by atoms with E-state index >= 15 is 0 Å². The summed E-state index contributed by atoms with van der Waals surface area (Å²) >= 11 is 4.70. The van der Waals surface area contributed by atoms with Crippen LogP contribution in [0, 0.1) is 11.3 Å². The van der Waals surface area contributed by atoms with Crippen molar-refractivity contribution in [3.05, 3.63) is 38.7 Å². The molecule has 0 aliphatic carbocycles. The Morgan fingerprint density at radius 2 is 2.39 bits per heavy atom. The first-order valence-electron chi connectivity index (χ1n) is 5.18. The highest BCUT2D eigenvalue weighted by molar-refractivity contribution is 9.10. The zero-order valence-electron chi connectivity index (χ0n) is 9.48. The van der Waals surface area contributed by atoms with Gasteiger partial charge in [0.2, 0.25) is 0 Å². The van der Waals surface area contributed by atoms with Crippen molar-refractivity contribution in [3.63, 3.8) is 0 Å². The number of nitrogens with one attached hydrogen (secondary N) is 1. The third-order valence-corrected chi connectivity index (χ3v) is 3.95. The predicted molar refractivity (Wildman–Crippen MR) is 71.5 cm³/mol. The molecule has 0 amide bonds. The van der Waals surface area contributed by atoms with Crippen LogP contribution in [0.1, 0.15) is 12.5 Å². The second-order valence-corrected chi connectivity index (χ2v) is 5.31. The molecule has 0 saturated heterocycles. The Morgan fingerprint density at radius 3 is 3.00 bits per heavy atom. The minimum Gasteiger partial charge on any atom is -0.270 e. The first-order valence-corrected chi connectivity index (χ1v) is 6.79. The van der Waals surface area contributed by atoms with Gasteiger partial charge >= 0.3 is 5.69 Å². The summed E-state index contributed by atoms with van der Waals surface area (Å²) < 4.78 is 2.28. The second-order valence-electron chi connectivity index (χ2n) is 3.41. The number of nitrogens with zero attached hydrogens (tertiary/aromatic N) is 3. The minimum absolute atomic E-state index is 0.215. The number of benzene rings is 1. The summed E-state index contributed by atoms with van der Waals surface area (Å²) in [7, 11) is 0. The molecule has 0 unspecified atom stereocenters. The Hall–Kier alpha value is -1.52. The highest BCUT2D eigenvalue weighted by Gasteiger charge is 2.09. The van der Waals surface area contributed by atoms with Gasteiger partial charge in [0, 0.05) is 15.9 Å². The van der Waals surface area contributed by atoms with E-state index in [1.165, 1.54) is 11.8 Å². The molecule has 0 aliphatic rings. The Kier molecular flexibility index (Phi) is 3.89. The molecule has 7 heteroatoms. The SMILES string of the molecule is CCn1c(Sc2ccc(C#N)c(Br)c2)n[nH]c1=O. The molecule has 2 rings (SSSR count). The van der Waals surface area contributed by atoms with E-state index in [2.05, 4.69) is 32.2 Å². The van der Waals surface area contributed by atoms with Crippen LogP contribution in [0.15, 0.2) is 37.5 Å². The van der Waals surface area contributed by atoms with Crippen molar-refractivity contribution < 1.29 is 0 Å². The lowest BCUT2D eigenvalue weighted by Gasteiger charge is -2.03. The molecule has 1 aromatic heterocycles. The fraction of sp³-hybridized carbons (Fsp3) is 0.182. The van der Waals surface area contributed by atoms with Crippen LogP contribution in [0.2, 0.25) is 0 Å².